The molecule has 144 valence electrons. The summed E-state index contributed by atoms with van der Waals surface area (Å²) in [6, 6.07) is 15.1. The molecule has 0 aliphatic carbocycles. The van der Waals surface area contributed by atoms with Crippen molar-refractivity contribution in [2.24, 2.45) is 0 Å². The van der Waals surface area contributed by atoms with Gasteiger partial charge in [0.15, 0.2) is 0 Å². The molecule has 3 N–H and O–H groups in total. The van der Waals surface area contributed by atoms with Gasteiger partial charge in [-0.3, -0.25) is 4.79 Å². The van der Waals surface area contributed by atoms with Crippen LogP contribution in [0.25, 0.3) is 10.9 Å². The molecule has 0 unspecified atom stereocenters. The summed E-state index contributed by atoms with van der Waals surface area (Å²) in [6.45, 7) is 1.47. The lowest BCUT2D eigenvalue weighted by Gasteiger charge is -2.27. The fourth-order valence-corrected chi connectivity index (χ4v) is 3.72. The Kier molecular flexibility index (Phi) is 5.21. The molecule has 1 aliphatic rings. The number of benzene rings is 2. The van der Waals surface area contributed by atoms with Gasteiger partial charge in [-0.1, -0.05) is 41.9 Å². The minimum Gasteiger partial charge on any atom is -0.357 e. The average molecular weight is 397 g/mol. The molecule has 2 aromatic carbocycles. The zero-order valence-corrected chi connectivity index (χ0v) is 16.1. The SMILES string of the molecule is O=C(CCNC(=O)N1CCc2c([nH]c3ccccc23)C1)Nc1ccccc1Cl. The third kappa shape index (κ3) is 3.82. The number of hydrogen-bond donors (Lipinski definition) is 3. The summed E-state index contributed by atoms with van der Waals surface area (Å²) in [6.07, 6.45) is 1.00. The van der Waals surface area contributed by atoms with E-state index in [4.69, 9.17) is 11.6 Å². The van der Waals surface area contributed by atoms with E-state index in [0.717, 1.165) is 17.6 Å². The molecule has 0 atom stereocenters. The van der Waals surface area contributed by atoms with E-state index in [-0.39, 0.29) is 24.9 Å². The van der Waals surface area contributed by atoms with Gasteiger partial charge in [-0.2, -0.15) is 0 Å². The van der Waals surface area contributed by atoms with Crippen molar-refractivity contribution in [1.29, 1.82) is 0 Å². The van der Waals surface area contributed by atoms with Crippen molar-refractivity contribution in [3.05, 3.63) is 64.8 Å². The van der Waals surface area contributed by atoms with Crippen LogP contribution in [-0.4, -0.2) is 34.9 Å². The van der Waals surface area contributed by atoms with Gasteiger partial charge in [0.25, 0.3) is 0 Å². The highest BCUT2D eigenvalue weighted by atomic mass is 35.5. The van der Waals surface area contributed by atoms with Crippen LogP contribution in [0.3, 0.4) is 0 Å². The number of H-pyrrole nitrogens is 1. The minimum atomic E-state index is -0.190. The Morgan fingerprint density at radius 1 is 1.11 bits per heavy atom. The first kappa shape index (κ1) is 18.4. The molecule has 28 heavy (non-hydrogen) atoms. The van der Waals surface area contributed by atoms with Crippen molar-refractivity contribution >= 4 is 40.1 Å². The van der Waals surface area contributed by atoms with Crippen molar-refractivity contribution in [2.75, 3.05) is 18.4 Å². The number of nitrogens with zero attached hydrogens (tertiary/aromatic N) is 1. The second-order valence-electron chi connectivity index (χ2n) is 6.81. The van der Waals surface area contributed by atoms with E-state index >= 15 is 0 Å². The van der Waals surface area contributed by atoms with Crippen LogP contribution >= 0.6 is 11.6 Å². The predicted molar refractivity (Wildman–Crippen MR) is 111 cm³/mol. The van der Waals surface area contributed by atoms with Crippen LogP contribution < -0.4 is 10.6 Å². The lowest BCUT2D eigenvalue weighted by atomic mass is 10.0. The highest BCUT2D eigenvalue weighted by molar-refractivity contribution is 6.33. The number of para-hydroxylation sites is 2. The second-order valence-corrected chi connectivity index (χ2v) is 7.22. The molecule has 1 aromatic heterocycles. The Labute approximate surface area is 167 Å². The zero-order chi connectivity index (χ0) is 19.5. The minimum absolute atomic E-state index is 0.158. The van der Waals surface area contributed by atoms with E-state index in [1.54, 1.807) is 29.2 Å². The Bertz CT molecular complexity index is 1030. The molecule has 6 nitrogen and oxygen atoms in total. The van der Waals surface area contributed by atoms with E-state index in [0.29, 0.717) is 23.8 Å². The van der Waals surface area contributed by atoms with Crippen molar-refractivity contribution in [3.63, 3.8) is 0 Å². The van der Waals surface area contributed by atoms with Crippen molar-refractivity contribution in [1.82, 2.24) is 15.2 Å². The number of halogens is 1. The summed E-state index contributed by atoms with van der Waals surface area (Å²) >= 11 is 6.03. The molecular weight excluding hydrogens is 376 g/mol. The smallest absolute Gasteiger partial charge is 0.317 e. The molecule has 0 spiro atoms. The quantitative estimate of drug-likeness (QED) is 0.625. The molecule has 4 rings (SSSR count). The van der Waals surface area contributed by atoms with E-state index in [9.17, 15) is 9.59 Å². The predicted octanol–water partition coefficient (Wildman–Crippen LogP) is 3.92. The number of aromatic amines is 1. The maximum absolute atomic E-state index is 12.5. The molecule has 3 aromatic rings. The molecule has 7 heteroatoms. The van der Waals surface area contributed by atoms with Crippen LogP contribution in [0.2, 0.25) is 5.02 Å². The zero-order valence-electron chi connectivity index (χ0n) is 15.3. The van der Waals surface area contributed by atoms with Crippen molar-refractivity contribution in [3.8, 4) is 0 Å². The van der Waals surface area contributed by atoms with Crippen LogP contribution in [0.4, 0.5) is 10.5 Å². The highest BCUT2D eigenvalue weighted by Crippen LogP contribution is 2.27. The van der Waals surface area contributed by atoms with Gasteiger partial charge in [0.05, 0.1) is 17.3 Å². The Balaban J connectivity index is 1.29. The Morgan fingerprint density at radius 2 is 1.89 bits per heavy atom. The van der Waals surface area contributed by atoms with Crippen molar-refractivity contribution in [2.45, 2.75) is 19.4 Å². The summed E-state index contributed by atoms with van der Waals surface area (Å²) in [7, 11) is 0. The number of nitrogens with one attached hydrogen (secondary N) is 3. The van der Waals surface area contributed by atoms with E-state index in [1.807, 2.05) is 12.1 Å². The first-order chi connectivity index (χ1) is 13.6. The van der Waals surface area contributed by atoms with Crippen LogP contribution in [0.5, 0.6) is 0 Å². The summed E-state index contributed by atoms with van der Waals surface area (Å²) in [5.74, 6) is -0.190. The van der Waals surface area contributed by atoms with Gasteiger partial charge >= 0.3 is 6.03 Å². The summed E-state index contributed by atoms with van der Waals surface area (Å²) in [5.41, 5.74) is 4.05. The first-order valence-electron chi connectivity index (χ1n) is 9.27. The number of fused-ring (bicyclic) bond motifs is 3. The topological polar surface area (TPSA) is 77.2 Å². The average Bonchev–Trinajstić information content (AvgIpc) is 3.07. The monoisotopic (exact) mass is 396 g/mol. The molecule has 1 aliphatic heterocycles. The molecular formula is C21H21ClN4O2. The number of aromatic nitrogens is 1. The number of rotatable bonds is 4. The summed E-state index contributed by atoms with van der Waals surface area (Å²) in [4.78, 5) is 29.7. The van der Waals surface area contributed by atoms with Gasteiger partial charge in [0.2, 0.25) is 5.91 Å². The number of carbonyl (C=O) groups is 2. The highest BCUT2D eigenvalue weighted by Gasteiger charge is 2.23. The molecule has 0 bridgehead atoms. The van der Waals surface area contributed by atoms with Gasteiger partial charge in [-0.05, 0) is 30.2 Å². The first-order valence-corrected chi connectivity index (χ1v) is 9.65. The fraction of sp³-hybridized carbons (Fsp3) is 0.238. The maximum atomic E-state index is 12.5. The fourth-order valence-electron chi connectivity index (χ4n) is 3.54. The van der Waals surface area contributed by atoms with E-state index in [1.165, 1.54) is 10.9 Å². The molecule has 0 saturated heterocycles. The number of amides is 3. The maximum Gasteiger partial charge on any atom is 0.317 e. The van der Waals surface area contributed by atoms with Crippen LogP contribution in [0.1, 0.15) is 17.7 Å². The van der Waals surface area contributed by atoms with Crippen LogP contribution in [-0.2, 0) is 17.8 Å². The van der Waals surface area contributed by atoms with Gasteiger partial charge < -0.3 is 20.5 Å². The van der Waals surface area contributed by atoms with E-state index < -0.39 is 0 Å². The molecule has 0 fully saturated rings. The second kappa shape index (κ2) is 7.94. The number of urea groups is 1. The largest absolute Gasteiger partial charge is 0.357 e. The normalized spacial score (nSPS) is 13.2. The molecule has 0 radical (unpaired) electrons. The Hall–Kier alpha value is -2.99. The third-order valence-corrected chi connectivity index (χ3v) is 5.28. The molecule has 3 amide bonds. The van der Waals surface area contributed by atoms with Gasteiger partial charge in [-0.15, -0.1) is 0 Å². The van der Waals surface area contributed by atoms with Crippen LogP contribution in [0.15, 0.2) is 48.5 Å². The summed E-state index contributed by atoms with van der Waals surface area (Å²) < 4.78 is 0. The van der Waals surface area contributed by atoms with Gasteiger partial charge in [-0.25, -0.2) is 4.79 Å². The molecule has 0 saturated carbocycles. The van der Waals surface area contributed by atoms with Gasteiger partial charge in [0, 0.05) is 36.1 Å². The standard InChI is InChI=1S/C21H21ClN4O2/c22-16-6-2-4-8-18(16)25-20(27)9-11-23-21(28)26-12-10-15-14-5-1-3-7-17(14)24-19(15)13-26/h1-8,24H,9-13H2,(H,23,28)(H,25,27). The van der Waals surface area contributed by atoms with Gasteiger partial charge in [0.1, 0.15) is 0 Å². The Morgan fingerprint density at radius 3 is 2.75 bits per heavy atom. The summed E-state index contributed by atoms with van der Waals surface area (Å²) in [5, 5.41) is 7.30. The number of hydrogen-bond acceptors (Lipinski definition) is 2. The third-order valence-electron chi connectivity index (χ3n) is 4.95. The lowest BCUT2D eigenvalue weighted by molar-refractivity contribution is -0.116. The number of anilines is 1. The number of carbonyl (C=O) groups excluding carboxylic acids is 2. The molecule has 2 heterocycles. The van der Waals surface area contributed by atoms with Crippen molar-refractivity contribution < 1.29 is 9.59 Å². The lowest BCUT2D eigenvalue weighted by Crippen LogP contribution is -2.43. The van der Waals surface area contributed by atoms with Crippen LogP contribution in [0, 0.1) is 0 Å². The van der Waals surface area contributed by atoms with E-state index in [2.05, 4.69) is 27.8 Å².